The number of para-hydroxylation sites is 1. The van der Waals surface area contributed by atoms with Crippen LogP contribution in [0.5, 0.6) is 0 Å². The monoisotopic (exact) mass is 459 g/mol. The number of thiophene rings is 1. The summed E-state index contributed by atoms with van der Waals surface area (Å²) in [5, 5.41) is 18.5. The average molecular weight is 460 g/mol. The van der Waals surface area contributed by atoms with Crippen molar-refractivity contribution in [3.8, 4) is 11.8 Å². The molecule has 1 atom stereocenters. The highest BCUT2D eigenvalue weighted by Crippen LogP contribution is 2.33. The molecule has 1 aromatic carbocycles. The van der Waals surface area contributed by atoms with Crippen molar-refractivity contribution in [2.75, 3.05) is 5.32 Å². The smallest absolute Gasteiger partial charge is 0.253 e. The van der Waals surface area contributed by atoms with Crippen LogP contribution in [0.1, 0.15) is 46.6 Å². The zero-order chi connectivity index (χ0) is 23.9. The number of aryl methyl sites for hydroxylation is 3. The molecule has 168 valence electrons. The average Bonchev–Trinajstić information content (AvgIpc) is 3.27. The number of carbonyl (C=O) groups is 1. The minimum atomic E-state index is -0.770. The summed E-state index contributed by atoms with van der Waals surface area (Å²) in [5.74, 6) is -0.332. The summed E-state index contributed by atoms with van der Waals surface area (Å²) in [4.78, 5) is 27.7. The lowest BCUT2D eigenvalue weighted by atomic mass is 10.1. The lowest BCUT2D eigenvalue weighted by Gasteiger charge is -2.20. The van der Waals surface area contributed by atoms with Gasteiger partial charge in [0.05, 0.1) is 16.9 Å². The zero-order valence-corrected chi connectivity index (χ0v) is 20.1. The van der Waals surface area contributed by atoms with Crippen LogP contribution in [0.15, 0.2) is 41.2 Å². The van der Waals surface area contributed by atoms with E-state index in [4.69, 9.17) is 5.10 Å². The minimum Gasteiger partial charge on any atom is -0.315 e. The van der Waals surface area contributed by atoms with Crippen LogP contribution < -0.4 is 10.9 Å². The normalized spacial score (nSPS) is 12.0. The van der Waals surface area contributed by atoms with E-state index in [2.05, 4.69) is 11.4 Å². The van der Waals surface area contributed by atoms with Crippen molar-refractivity contribution < 1.29 is 4.79 Å². The Bertz CT molecular complexity index is 1470. The van der Waals surface area contributed by atoms with E-state index < -0.39 is 6.04 Å². The van der Waals surface area contributed by atoms with Gasteiger partial charge in [0.2, 0.25) is 5.91 Å². The molecule has 0 saturated heterocycles. The number of anilines is 1. The first kappa shape index (κ1) is 22.5. The molecule has 0 radical (unpaired) electrons. The van der Waals surface area contributed by atoms with E-state index in [0.29, 0.717) is 22.6 Å². The fourth-order valence-corrected chi connectivity index (χ4v) is 5.22. The topological polar surface area (TPSA) is 92.7 Å². The van der Waals surface area contributed by atoms with Crippen molar-refractivity contribution in [1.82, 2.24) is 14.3 Å². The third-order valence-electron chi connectivity index (χ3n) is 5.97. The summed E-state index contributed by atoms with van der Waals surface area (Å²) in [7, 11) is 0. The van der Waals surface area contributed by atoms with E-state index in [-0.39, 0.29) is 11.5 Å². The van der Waals surface area contributed by atoms with E-state index in [1.54, 1.807) is 10.7 Å². The summed E-state index contributed by atoms with van der Waals surface area (Å²) in [6.07, 6.45) is 0.397. The summed E-state index contributed by atoms with van der Waals surface area (Å²) in [6, 6.07) is 12.5. The molecule has 33 heavy (non-hydrogen) atoms. The number of hydrogen-bond donors (Lipinski definition) is 1. The summed E-state index contributed by atoms with van der Waals surface area (Å²) < 4.78 is 3.26. The molecule has 7 nitrogen and oxygen atoms in total. The Hall–Kier alpha value is -3.70. The highest BCUT2D eigenvalue weighted by molar-refractivity contribution is 7.16. The number of fused-ring (bicyclic) bond motifs is 1. The van der Waals surface area contributed by atoms with Crippen molar-refractivity contribution in [3.63, 3.8) is 0 Å². The van der Waals surface area contributed by atoms with Crippen molar-refractivity contribution >= 4 is 33.3 Å². The van der Waals surface area contributed by atoms with E-state index in [1.807, 2.05) is 65.0 Å². The number of hydrogen-bond acceptors (Lipinski definition) is 5. The highest BCUT2D eigenvalue weighted by atomic mass is 32.1. The quantitative estimate of drug-likeness (QED) is 0.457. The Labute approximate surface area is 195 Å². The lowest BCUT2D eigenvalue weighted by Crippen LogP contribution is -2.34. The number of carbonyl (C=O) groups excluding carboxylic acids is 1. The molecule has 1 unspecified atom stereocenters. The molecule has 0 fully saturated rings. The zero-order valence-electron chi connectivity index (χ0n) is 19.3. The number of nitrogens with zero attached hydrogens (tertiary/aromatic N) is 4. The first-order chi connectivity index (χ1) is 15.8. The molecule has 0 saturated carbocycles. The van der Waals surface area contributed by atoms with E-state index in [0.717, 1.165) is 32.8 Å². The molecule has 3 heterocycles. The molecular formula is C25H25N5O2S. The Morgan fingerprint density at radius 2 is 1.91 bits per heavy atom. The number of aromatic nitrogens is 3. The minimum absolute atomic E-state index is 0.266. The predicted molar refractivity (Wildman–Crippen MR) is 131 cm³/mol. The molecule has 0 aliphatic rings. The van der Waals surface area contributed by atoms with Gasteiger partial charge in [-0.2, -0.15) is 10.4 Å². The lowest BCUT2D eigenvalue weighted by molar-refractivity contribution is -0.119. The van der Waals surface area contributed by atoms with E-state index >= 15 is 0 Å². The number of nitriles is 1. The SMILES string of the molecule is CCC(C(=O)Nc1sc(C)c(C)c1C#N)n1c(=O)cc(C)c2c(C)nn(-c3ccccc3)c21. The van der Waals surface area contributed by atoms with Crippen LogP contribution in [0.25, 0.3) is 16.7 Å². The Balaban J connectivity index is 1.91. The molecular weight excluding hydrogens is 434 g/mol. The van der Waals surface area contributed by atoms with Gasteiger partial charge in [-0.3, -0.25) is 14.2 Å². The number of benzene rings is 1. The van der Waals surface area contributed by atoms with E-state index in [9.17, 15) is 14.9 Å². The third kappa shape index (κ3) is 3.74. The van der Waals surface area contributed by atoms with Crippen LogP contribution in [0, 0.1) is 39.0 Å². The first-order valence-corrected chi connectivity index (χ1v) is 11.6. The van der Waals surface area contributed by atoms with Gasteiger partial charge in [0.15, 0.2) is 0 Å². The number of nitrogens with one attached hydrogen (secondary N) is 1. The van der Waals surface area contributed by atoms with Crippen molar-refractivity contribution in [3.05, 3.63) is 74.0 Å². The van der Waals surface area contributed by atoms with Gasteiger partial charge < -0.3 is 5.32 Å². The fraction of sp³-hybridized carbons (Fsp3) is 0.280. The van der Waals surface area contributed by atoms with Gasteiger partial charge >= 0.3 is 0 Å². The second-order valence-corrected chi connectivity index (χ2v) is 9.30. The second-order valence-electron chi connectivity index (χ2n) is 8.08. The van der Waals surface area contributed by atoms with Crippen molar-refractivity contribution in [1.29, 1.82) is 5.26 Å². The maximum Gasteiger partial charge on any atom is 0.253 e. The standard InChI is InChI=1S/C25H25N5O2S/c1-6-20(23(32)27-24-19(13-26)15(3)17(5)33-24)29-21(31)12-14(2)22-16(4)28-30(25(22)29)18-10-8-7-9-11-18/h7-12,20H,6H2,1-5H3,(H,27,32). The van der Waals surface area contributed by atoms with Crippen LogP contribution in [0.2, 0.25) is 0 Å². The molecule has 3 aromatic heterocycles. The number of amides is 1. The van der Waals surface area contributed by atoms with Gasteiger partial charge in [0, 0.05) is 16.3 Å². The molecule has 4 aromatic rings. The summed E-state index contributed by atoms with van der Waals surface area (Å²) in [5.41, 5.74) is 4.05. The molecule has 1 N–H and O–H groups in total. The summed E-state index contributed by atoms with van der Waals surface area (Å²) >= 11 is 1.37. The van der Waals surface area contributed by atoms with Gasteiger partial charge in [0.25, 0.3) is 5.56 Å². The number of rotatable bonds is 5. The molecule has 8 heteroatoms. The first-order valence-electron chi connectivity index (χ1n) is 10.8. The fourth-order valence-electron chi connectivity index (χ4n) is 4.21. The van der Waals surface area contributed by atoms with Crippen LogP contribution >= 0.6 is 11.3 Å². The van der Waals surface area contributed by atoms with Crippen LogP contribution in [-0.2, 0) is 4.79 Å². The second kappa shape index (κ2) is 8.68. The largest absolute Gasteiger partial charge is 0.315 e. The Morgan fingerprint density at radius 1 is 1.21 bits per heavy atom. The molecule has 1 amide bonds. The molecule has 0 aliphatic carbocycles. The maximum atomic E-state index is 13.5. The Kier molecular flexibility index (Phi) is 5.91. The van der Waals surface area contributed by atoms with Gasteiger partial charge in [-0.15, -0.1) is 11.3 Å². The van der Waals surface area contributed by atoms with Crippen molar-refractivity contribution in [2.24, 2.45) is 0 Å². The van der Waals surface area contributed by atoms with Crippen LogP contribution in [-0.4, -0.2) is 20.3 Å². The van der Waals surface area contributed by atoms with Crippen molar-refractivity contribution in [2.45, 2.75) is 47.1 Å². The molecule has 0 spiro atoms. The van der Waals surface area contributed by atoms with E-state index in [1.165, 1.54) is 15.9 Å². The van der Waals surface area contributed by atoms with Gasteiger partial charge in [-0.1, -0.05) is 25.1 Å². The maximum absolute atomic E-state index is 13.5. The third-order valence-corrected chi connectivity index (χ3v) is 7.09. The molecule has 0 bridgehead atoms. The summed E-state index contributed by atoms with van der Waals surface area (Å²) in [6.45, 7) is 9.45. The Morgan fingerprint density at radius 3 is 2.55 bits per heavy atom. The molecule has 4 rings (SSSR count). The van der Waals surface area contributed by atoms with Crippen LogP contribution in [0.4, 0.5) is 5.00 Å². The highest BCUT2D eigenvalue weighted by Gasteiger charge is 2.27. The van der Waals surface area contributed by atoms with Gasteiger partial charge in [-0.25, -0.2) is 4.68 Å². The predicted octanol–water partition coefficient (Wildman–Crippen LogP) is 4.94. The van der Waals surface area contributed by atoms with Gasteiger partial charge in [0.1, 0.15) is 22.8 Å². The van der Waals surface area contributed by atoms with Gasteiger partial charge in [-0.05, 0) is 57.4 Å². The number of pyridine rings is 1. The molecule has 0 aliphatic heterocycles. The van der Waals surface area contributed by atoms with Crippen LogP contribution in [0.3, 0.4) is 0 Å².